The van der Waals surface area contributed by atoms with Gasteiger partial charge in [-0.2, -0.15) is 0 Å². The lowest BCUT2D eigenvalue weighted by Crippen LogP contribution is -2.41. The molecule has 0 spiro atoms. The molecule has 0 bridgehead atoms. The van der Waals surface area contributed by atoms with E-state index in [9.17, 15) is 4.79 Å². The van der Waals surface area contributed by atoms with Gasteiger partial charge >= 0.3 is 0 Å². The Labute approximate surface area is 166 Å². The third kappa shape index (κ3) is 4.54. The number of methoxy groups -OCH3 is 1. The van der Waals surface area contributed by atoms with Gasteiger partial charge in [0.05, 0.1) is 25.3 Å². The van der Waals surface area contributed by atoms with Crippen LogP contribution in [-0.2, 0) is 20.8 Å². The van der Waals surface area contributed by atoms with Gasteiger partial charge in [0.1, 0.15) is 12.3 Å². The summed E-state index contributed by atoms with van der Waals surface area (Å²) >= 11 is 0. The number of hydrogen-bond acceptors (Lipinski definition) is 6. The van der Waals surface area contributed by atoms with E-state index in [0.717, 1.165) is 42.2 Å². The molecule has 1 aromatic heterocycles. The number of morpholine rings is 1. The number of aromatic nitrogens is 1. The number of ether oxygens (including phenoxy) is 2. The van der Waals surface area contributed by atoms with E-state index in [1.807, 2.05) is 35.2 Å². The highest BCUT2D eigenvalue weighted by atomic mass is 16.5. The average molecular weight is 387 g/mol. The number of hydrogen-bond donors (Lipinski definition) is 0. The van der Waals surface area contributed by atoms with E-state index in [-0.39, 0.29) is 18.6 Å². The van der Waals surface area contributed by atoms with Crippen molar-refractivity contribution in [2.75, 3.05) is 44.9 Å². The standard InChI is InChI=1S/C21H29N3O4/c1-4-16(2)24(19(25)15-26-3)14-18-20(17-8-6-5-7-9-17)22-28-21(18)23-10-12-27-13-11-23/h5-9,16H,4,10-15H2,1-3H3. The van der Waals surface area contributed by atoms with Crippen LogP contribution >= 0.6 is 0 Å². The predicted molar refractivity (Wildman–Crippen MR) is 107 cm³/mol. The SMILES string of the molecule is CCC(C)N(Cc1c(-c2ccccc2)noc1N1CCOCC1)C(=O)COC. The Morgan fingerprint density at radius 2 is 2.00 bits per heavy atom. The predicted octanol–water partition coefficient (Wildman–Crippen LogP) is 2.95. The van der Waals surface area contributed by atoms with E-state index in [4.69, 9.17) is 14.0 Å². The maximum atomic E-state index is 12.7. The van der Waals surface area contributed by atoms with Crippen molar-refractivity contribution < 1.29 is 18.8 Å². The Bertz CT molecular complexity index is 756. The lowest BCUT2D eigenvalue weighted by atomic mass is 10.1. The maximum absolute atomic E-state index is 12.7. The van der Waals surface area contributed by atoms with E-state index >= 15 is 0 Å². The second kappa shape index (κ2) is 9.71. The van der Waals surface area contributed by atoms with Crippen LogP contribution in [0.2, 0.25) is 0 Å². The summed E-state index contributed by atoms with van der Waals surface area (Å²) in [6, 6.07) is 10.0. The number of benzene rings is 1. The summed E-state index contributed by atoms with van der Waals surface area (Å²) in [7, 11) is 1.54. The van der Waals surface area contributed by atoms with Gasteiger partial charge in [-0.25, -0.2) is 0 Å². The molecule has 0 N–H and O–H groups in total. The summed E-state index contributed by atoms with van der Waals surface area (Å²) in [5.74, 6) is 0.686. The quantitative estimate of drug-likeness (QED) is 0.694. The highest BCUT2D eigenvalue weighted by molar-refractivity contribution is 5.78. The Balaban J connectivity index is 1.99. The highest BCUT2D eigenvalue weighted by Gasteiger charge is 2.28. The number of carbonyl (C=O) groups excluding carboxylic acids is 1. The molecule has 1 saturated heterocycles. The minimum atomic E-state index is -0.0370. The number of nitrogens with zero attached hydrogens (tertiary/aromatic N) is 3. The third-order valence-corrected chi connectivity index (χ3v) is 5.15. The van der Waals surface area contributed by atoms with Crippen LogP contribution in [-0.4, -0.2) is 62.0 Å². The molecule has 0 saturated carbocycles. The molecule has 1 aliphatic heterocycles. The second-order valence-electron chi connectivity index (χ2n) is 6.99. The van der Waals surface area contributed by atoms with Gasteiger partial charge in [0.2, 0.25) is 11.8 Å². The highest BCUT2D eigenvalue weighted by Crippen LogP contribution is 2.33. The van der Waals surface area contributed by atoms with Crippen LogP contribution < -0.4 is 4.90 Å². The van der Waals surface area contributed by atoms with Gasteiger partial charge in [0, 0.05) is 31.8 Å². The molecular weight excluding hydrogens is 358 g/mol. The first-order valence-electron chi connectivity index (χ1n) is 9.80. The van der Waals surface area contributed by atoms with Gasteiger partial charge < -0.3 is 23.8 Å². The molecule has 7 nitrogen and oxygen atoms in total. The van der Waals surface area contributed by atoms with Crippen LogP contribution in [0.25, 0.3) is 11.3 Å². The molecule has 1 fully saturated rings. The topological polar surface area (TPSA) is 68.0 Å². The second-order valence-corrected chi connectivity index (χ2v) is 6.99. The smallest absolute Gasteiger partial charge is 0.249 e. The molecule has 7 heteroatoms. The van der Waals surface area contributed by atoms with Crippen LogP contribution in [0.4, 0.5) is 5.88 Å². The summed E-state index contributed by atoms with van der Waals surface area (Å²) in [5.41, 5.74) is 2.68. The zero-order valence-electron chi connectivity index (χ0n) is 16.9. The number of rotatable bonds is 8. The lowest BCUT2D eigenvalue weighted by Gasteiger charge is -2.31. The van der Waals surface area contributed by atoms with Gasteiger partial charge in [0.15, 0.2) is 0 Å². The fourth-order valence-corrected chi connectivity index (χ4v) is 3.37. The van der Waals surface area contributed by atoms with Crippen LogP contribution in [0.1, 0.15) is 25.8 Å². The molecule has 1 amide bonds. The third-order valence-electron chi connectivity index (χ3n) is 5.15. The monoisotopic (exact) mass is 387 g/mol. The maximum Gasteiger partial charge on any atom is 0.249 e. The van der Waals surface area contributed by atoms with Crippen molar-refractivity contribution in [2.45, 2.75) is 32.9 Å². The van der Waals surface area contributed by atoms with Crippen molar-refractivity contribution in [1.29, 1.82) is 0 Å². The van der Waals surface area contributed by atoms with Gasteiger partial charge in [-0.15, -0.1) is 0 Å². The molecule has 152 valence electrons. The molecule has 2 aromatic rings. The van der Waals surface area contributed by atoms with Gasteiger partial charge in [-0.3, -0.25) is 4.79 Å². The summed E-state index contributed by atoms with van der Waals surface area (Å²) in [6.07, 6.45) is 0.855. The van der Waals surface area contributed by atoms with Crippen molar-refractivity contribution in [3.05, 3.63) is 35.9 Å². The average Bonchev–Trinajstić information content (AvgIpc) is 3.16. The minimum absolute atomic E-state index is 0.0370. The molecule has 3 rings (SSSR count). The van der Waals surface area contributed by atoms with Crippen molar-refractivity contribution >= 4 is 11.8 Å². The fourth-order valence-electron chi connectivity index (χ4n) is 3.37. The van der Waals surface area contributed by atoms with E-state index in [2.05, 4.69) is 23.9 Å². The Morgan fingerprint density at radius 3 is 2.64 bits per heavy atom. The van der Waals surface area contributed by atoms with Crippen molar-refractivity contribution in [3.8, 4) is 11.3 Å². The van der Waals surface area contributed by atoms with E-state index in [1.165, 1.54) is 0 Å². The minimum Gasteiger partial charge on any atom is -0.378 e. The normalized spacial score (nSPS) is 15.5. The summed E-state index contributed by atoms with van der Waals surface area (Å²) in [5, 5.41) is 4.38. The molecule has 28 heavy (non-hydrogen) atoms. The lowest BCUT2D eigenvalue weighted by molar-refractivity contribution is -0.138. The van der Waals surface area contributed by atoms with E-state index < -0.39 is 0 Å². The first-order chi connectivity index (χ1) is 13.7. The van der Waals surface area contributed by atoms with Crippen LogP contribution in [0.5, 0.6) is 0 Å². The Kier molecular flexibility index (Phi) is 7.06. The van der Waals surface area contributed by atoms with Gasteiger partial charge in [0.25, 0.3) is 0 Å². The van der Waals surface area contributed by atoms with E-state index in [1.54, 1.807) is 7.11 Å². The van der Waals surface area contributed by atoms with Crippen LogP contribution in [0.15, 0.2) is 34.9 Å². The Morgan fingerprint density at radius 1 is 1.29 bits per heavy atom. The first kappa shape index (κ1) is 20.4. The molecule has 1 unspecified atom stereocenters. The molecule has 2 heterocycles. The van der Waals surface area contributed by atoms with Crippen LogP contribution in [0, 0.1) is 0 Å². The molecular formula is C21H29N3O4. The number of anilines is 1. The molecule has 1 atom stereocenters. The van der Waals surface area contributed by atoms with Crippen molar-refractivity contribution in [2.24, 2.45) is 0 Å². The van der Waals surface area contributed by atoms with Crippen molar-refractivity contribution in [3.63, 3.8) is 0 Å². The Hall–Kier alpha value is -2.38. The zero-order valence-corrected chi connectivity index (χ0v) is 16.9. The fraction of sp³-hybridized carbons (Fsp3) is 0.524. The first-order valence-corrected chi connectivity index (χ1v) is 9.80. The molecule has 0 aliphatic carbocycles. The van der Waals surface area contributed by atoms with Crippen molar-refractivity contribution in [1.82, 2.24) is 10.1 Å². The zero-order chi connectivity index (χ0) is 19.9. The number of carbonyl (C=O) groups is 1. The summed E-state index contributed by atoms with van der Waals surface area (Å²) in [6.45, 7) is 7.40. The van der Waals surface area contributed by atoms with Crippen LogP contribution in [0.3, 0.4) is 0 Å². The molecule has 1 aromatic carbocycles. The van der Waals surface area contributed by atoms with Gasteiger partial charge in [-0.05, 0) is 13.3 Å². The largest absolute Gasteiger partial charge is 0.378 e. The molecule has 0 radical (unpaired) electrons. The van der Waals surface area contributed by atoms with E-state index in [0.29, 0.717) is 19.8 Å². The summed E-state index contributed by atoms with van der Waals surface area (Å²) < 4.78 is 16.4. The molecule has 1 aliphatic rings. The summed E-state index contributed by atoms with van der Waals surface area (Å²) in [4.78, 5) is 16.7. The van der Waals surface area contributed by atoms with Gasteiger partial charge in [-0.1, -0.05) is 42.4 Å². The number of amides is 1.